The van der Waals surface area contributed by atoms with Gasteiger partial charge in [0.05, 0.1) is 23.5 Å². The van der Waals surface area contributed by atoms with Crippen LogP contribution in [0.2, 0.25) is 0 Å². The summed E-state index contributed by atoms with van der Waals surface area (Å²) >= 11 is 0. The third-order valence-electron chi connectivity index (χ3n) is 4.82. The summed E-state index contributed by atoms with van der Waals surface area (Å²) in [6.45, 7) is 1.37. The first-order valence-corrected chi connectivity index (χ1v) is 8.82. The van der Waals surface area contributed by atoms with Crippen LogP contribution in [0.5, 0.6) is 0 Å². The zero-order valence-corrected chi connectivity index (χ0v) is 15.0. The molecule has 1 aliphatic heterocycles. The highest BCUT2D eigenvalue weighted by molar-refractivity contribution is 5.87. The summed E-state index contributed by atoms with van der Waals surface area (Å²) in [5.41, 5.74) is 1.74. The number of fused-ring (bicyclic) bond motifs is 1. The monoisotopic (exact) mass is 354 g/mol. The molecule has 0 aliphatic carbocycles. The van der Waals surface area contributed by atoms with E-state index in [1.165, 1.54) is 0 Å². The average molecular weight is 354 g/mol. The van der Waals surface area contributed by atoms with E-state index in [2.05, 4.69) is 20.3 Å². The molecule has 4 rings (SSSR count). The lowest BCUT2D eigenvalue weighted by molar-refractivity contribution is -0.131. The second-order valence-electron chi connectivity index (χ2n) is 6.90. The van der Waals surface area contributed by atoms with E-state index in [4.69, 9.17) is 4.52 Å². The Bertz CT molecular complexity index is 915. The van der Waals surface area contributed by atoms with Crippen LogP contribution in [0.15, 0.2) is 28.8 Å². The SMILES string of the molecule is CN(C)c1noc(C2CCCN(C(=O)Cc3[nH]nc4ccccc34)C2)n1. The van der Waals surface area contributed by atoms with Gasteiger partial charge in [0.25, 0.3) is 5.95 Å². The van der Waals surface area contributed by atoms with E-state index < -0.39 is 0 Å². The summed E-state index contributed by atoms with van der Waals surface area (Å²) < 4.78 is 5.40. The van der Waals surface area contributed by atoms with Gasteiger partial charge in [-0.05, 0) is 24.1 Å². The molecule has 0 radical (unpaired) electrons. The van der Waals surface area contributed by atoms with Crippen LogP contribution < -0.4 is 4.90 Å². The van der Waals surface area contributed by atoms with E-state index in [9.17, 15) is 4.79 Å². The number of nitrogens with one attached hydrogen (secondary N) is 1. The van der Waals surface area contributed by atoms with Crippen molar-refractivity contribution in [1.29, 1.82) is 0 Å². The normalized spacial score (nSPS) is 17.6. The lowest BCUT2D eigenvalue weighted by atomic mass is 9.97. The number of aromatic nitrogens is 4. The molecule has 136 valence electrons. The van der Waals surface area contributed by atoms with Crippen molar-refractivity contribution in [3.8, 4) is 0 Å². The second-order valence-corrected chi connectivity index (χ2v) is 6.90. The van der Waals surface area contributed by atoms with Crippen LogP contribution in [0.1, 0.15) is 30.3 Å². The van der Waals surface area contributed by atoms with E-state index >= 15 is 0 Å². The largest absolute Gasteiger partial charge is 0.344 e. The molecule has 1 amide bonds. The number of hydrogen-bond donors (Lipinski definition) is 1. The van der Waals surface area contributed by atoms with Crippen molar-refractivity contribution in [1.82, 2.24) is 25.2 Å². The number of likely N-dealkylation sites (tertiary alicyclic amines) is 1. The van der Waals surface area contributed by atoms with Gasteiger partial charge in [-0.15, -0.1) is 0 Å². The minimum absolute atomic E-state index is 0.0902. The second kappa shape index (κ2) is 6.78. The van der Waals surface area contributed by atoms with E-state index in [0.717, 1.165) is 36.0 Å². The maximum absolute atomic E-state index is 12.8. The van der Waals surface area contributed by atoms with Gasteiger partial charge in [-0.2, -0.15) is 10.1 Å². The van der Waals surface area contributed by atoms with Crippen molar-refractivity contribution in [3.63, 3.8) is 0 Å². The maximum Gasteiger partial charge on any atom is 0.265 e. The van der Waals surface area contributed by atoms with E-state index in [1.54, 1.807) is 0 Å². The number of aromatic amines is 1. The van der Waals surface area contributed by atoms with Crippen molar-refractivity contribution in [2.75, 3.05) is 32.1 Å². The zero-order chi connectivity index (χ0) is 18.1. The highest BCUT2D eigenvalue weighted by Gasteiger charge is 2.29. The number of carbonyl (C=O) groups is 1. The van der Waals surface area contributed by atoms with Crippen molar-refractivity contribution < 1.29 is 9.32 Å². The summed E-state index contributed by atoms with van der Waals surface area (Å²) in [6, 6.07) is 7.83. The minimum Gasteiger partial charge on any atom is -0.344 e. The van der Waals surface area contributed by atoms with Gasteiger partial charge >= 0.3 is 0 Å². The Hall–Kier alpha value is -2.90. The fourth-order valence-electron chi connectivity index (χ4n) is 3.39. The molecule has 3 heterocycles. The summed E-state index contributed by atoms with van der Waals surface area (Å²) in [5.74, 6) is 1.36. The number of benzene rings is 1. The van der Waals surface area contributed by atoms with Crippen molar-refractivity contribution in [3.05, 3.63) is 35.9 Å². The third kappa shape index (κ3) is 3.14. The molecule has 2 aromatic heterocycles. The predicted molar refractivity (Wildman–Crippen MR) is 97.0 cm³/mol. The van der Waals surface area contributed by atoms with Gasteiger partial charge in [0, 0.05) is 32.6 Å². The Balaban J connectivity index is 1.46. The van der Waals surface area contributed by atoms with Crippen LogP contribution in [0.25, 0.3) is 10.9 Å². The topological polar surface area (TPSA) is 91.2 Å². The van der Waals surface area contributed by atoms with Crippen LogP contribution in [0.3, 0.4) is 0 Å². The lowest BCUT2D eigenvalue weighted by Crippen LogP contribution is -2.40. The number of carbonyl (C=O) groups excluding carboxylic acids is 1. The molecule has 3 aromatic rings. The molecule has 26 heavy (non-hydrogen) atoms. The number of amides is 1. The van der Waals surface area contributed by atoms with Gasteiger partial charge in [-0.1, -0.05) is 18.2 Å². The number of hydrogen-bond acceptors (Lipinski definition) is 6. The molecule has 1 unspecified atom stereocenters. The van der Waals surface area contributed by atoms with Crippen LogP contribution in [0, 0.1) is 0 Å². The Labute approximate surface area is 151 Å². The fraction of sp³-hybridized carbons (Fsp3) is 0.444. The molecule has 0 spiro atoms. The number of para-hydroxylation sites is 1. The van der Waals surface area contributed by atoms with Gasteiger partial charge in [0.1, 0.15) is 0 Å². The molecule has 8 heteroatoms. The molecule has 0 saturated carbocycles. The summed E-state index contributed by atoms with van der Waals surface area (Å²) in [4.78, 5) is 20.9. The lowest BCUT2D eigenvalue weighted by Gasteiger charge is -2.31. The van der Waals surface area contributed by atoms with Gasteiger partial charge in [-0.3, -0.25) is 9.89 Å². The molecular weight excluding hydrogens is 332 g/mol. The third-order valence-corrected chi connectivity index (χ3v) is 4.82. The number of H-pyrrole nitrogens is 1. The smallest absolute Gasteiger partial charge is 0.265 e. The molecule has 8 nitrogen and oxygen atoms in total. The van der Waals surface area contributed by atoms with Gasteiger partial charge in [0.2, 0.25) is 11.8 Å². The fourth-order valence-corrected chi connectivity index (χ4v) is 3.39. The molecule has 0 bridgehead atoms. The minimum atomic E-state index is 0.0902. The number of rotatable bonds is 4. The van der Waals surface area contributed by atoms with Crippen molar-refractivity contribution in [2.45, 2.75) is 25.2 Å². The quantitative estimate of drug-likeness (QED) is 0.770. The molecular formula is C18H22N6O2. The Kier molecular flexibility index (Phi) is 4.32. The number of anilines is 1. The first kappa shape index (κ1) is 16.6. The van der Waals surface area contributed by atoms with Gasteiger partial charge in [0.15, 0.2) is 0 Å². The Morgan fingerprint density at radius 3 is 3.04 bits per heavy atom. The van der Waals surface area contributed by atoms with Crippen LogP contribution in [-0.4, -0.2) is 58.3 Å². The highest BCUT2D eigenvalue weighted by Crippen LogP contribution is 2.27. The summed E-state index contributed by atoms with van der Waals surface area (Å²) in [6.07, 6.45) is 2.20. The zero-order valence-electron chi connectivity index (χ0n) is 15.0. The first-order chi connectivity index (χ1) is 12.6. The highest BCUT2D eigenvalue weighted by atomic mass is 16.5. The van der Waals surface area contributed by atoms with E-state index in [0.29, 0.717) is 24.8 Å². The Morgan fingerprint density at radius 2 is 2.23 bits per heavy atom. The summed E-state index contributed by atoms with van der Waals surface area (Å²) in [5, 5.41) is 12.2. The van der Waals surface area contributed by atoms with Crippen LogP contribution in [0.4, 0.5) is 5.95 Å². The molecule has 1 saturated heterocycles. The van der Waals surface area contributed by atoms with Crippen LogP contribution >= 0.6 is 0 Å². The van der Waals surface area contributed by atoms with Crippen molar-refractivity contribution >= 4 is 22.8 Å². The van der Waals surface area contributed by atoms with Gasteiger partial charge < -0.3 is 14.3 Å². The molecule has 1 aliphatic rings. The molecule has 1 fully saturated rings. The Morgan fingerprint density at radius 1 is 1.38 bits per heavy atom. The van der Waals surface area contributed by atoms with Crippen molar-refractivity contribution in [2.24, 2.45) is 0 Å². The number of nitrogens with zero attached hydrogens (tertiary/aromatic N) is 5. The standard InChI is InChI=1S/C18H22N6O2/c1-23(2)18-19-17(26-22-18)12-6-5-9-24(11-12)16(25)10-15-13-7-3-4-8-14(13)20-21-15/h3-4,7-8,12H,5-6,9-11H2,1-2H3,(H,20,21). The first-order valence-electron chi connectivity index (χ1n) is 8.82. The van der Waals surface area contributed by atoms with E-state index in [1.807, 2.05) is 48.2 Å². The maximum atomic E-state index is 12.8. The van der Waals surface area contributed by atoms with Gasteiger partial charge in [-0.25, -0.2) is 0 Å². The summed E-state index contributed by atoms with van der Waals surface area (Å²) in [7, 11) is 3.75. The van der Waals surface area contributed by atoms with E-state index in [-0.39, 0.29) is 11.8 Å². The van der Waals surface area contributed by atoms with Crippen LogP contribution in [-0.2, 0) is 11.2 Å². The molecule has 1 atom stereocenters. The average Bonchev–Trinajstić information content (AvgIpc) is 3.30. The molecule has 1 aromatic carbocycles. The predicted octanol–water partition coefficient (Wildman–Crippen LogP) is 1.96. The number of piperidine rings is 1. The molecule has 1 N–H and O–H groups in total.